The molecule has 148 valence electrons. The van der Waals surface area contributed by atoms with Crippen molar-refractivity contribution >= 4 is 23.4 Å². The Bertz CT molecular complexity index is 867. The van der Waals surface area contributed by atoms with Gasteiger partial charge in [-0.25, -0.2) is 9.97 Å². The average molecular weight is 381 g/mol. The zero-order valence-corrected chi connectivity index (χ0v) is 16.3. The van der Waals surface area contributed by atoms with Crippen molar-refractivity contribution < 1.29 is 4.79 Å². The number of nitrogens with zero attached hydrogens (tertiary/aromatic N) is 6. The van der Waals surface area contributed by atoms with Crippen molar-refractivity contribution in [3.8, 4) is 5.95 Å². The summed E-state index contributed by atoms with van der Waals surface area (Å²) in [4.78, 5) is 31.3. The maximum atomic E-state index is 12.7. The molecule has 1 unspecified atom stereocenters. The number of imidazole rings is 1. The molecule has 8 nitrogen and oxygen atoms in total. The van der Waals surface area contributed by atoms with E-state index in [4.69, 9.17) is 4.98 Å². The van der Waals surface area contributed by atoms with E-state index in [0.717, 1.165) is 44.1 Å². The van der Waals surface area contributed by atoms with E-state index in [2.05, 4.69) is 32.0 Å². The molecule has 28 heavy (non-hydrogen) atoms. The largest absolute Gasteiger partial charge is 0.342 e. The highest BCUT2D eigenvalue weighted by molar-refractivity contribution is 6.02. The predicted molar refractivity (Wildman–Crippen MR) is 108 cm³/mol. The van der Waals surface area contributed by atoms with E-state index in [1.807, 2.05) is 17.0 Å². The molecule has 5 rings (SSSR count). The van der Waals surface area contributed by atoms with E-state index in [0.29, 0.717) is 17.7 Å². The van der Waals surface area contributed by atoms with Crippen LogP contribution in [0.25, 0.3) is 5.95 Å². The van der Waals surface area contributed by atoms with Crippen molar-refractivity contribution in [2.75, 3.05) is 28.2 Å². The van der Waals surface area contributed by atoms with Crippen LogP contribution in [0.2, 0.25) is 0 Å². The number of hydrogen-bond donors (Lipinski definition) is 1. The number of aromatic nitrogens is 4. The summed E-state index contributed by atoms with van der Waals surface area (Å²) in [7, 11) is 0. The Morgan fingerprint density at radius 2 is 1.93 bits per heavy atom. The van der Waals surface area contributed by atoms with Crippen molar-refractivity contribution in [2.24, 2.45) is 0 Å². The molecule has 8 heteroatoms. The maximum Gasteiger partial charge on any atom is 0.247 e. The first-order valence-corrected chi connectivity index (χ1v) is 10.5. The van der Waals surface area contributed by atoms with Gasteiger partial charge >= 0.3 is 0 Å². The van der Waals surface area contributed by atoms with Crippen LogP contribution in [-0.4, -0.2) is 50.6 Å². The lowest BCUT2D eigenvalue weighted by Gasteiger charge is -2.40. The van der Waals surface area contributed by atoms with Gasteiger partial charge in [-0.2, -0.15) is 4.98 Å². The van der Waals surface area contributed by atoms with Crippen LogP contribution < -0.4 is 15.1 Å². The number of nitrogens with one attached hydrogen (secondary N) is 1. The van der Waals surface area contributed by atoms with Crippen molar-refractivity contribution in [1.29, 1.82) is 0 Å². The summed E-state index contributed by atoms with van der Waals surface area (Å²) < 4.78 is 1.97. The number of fused-ring (bicyclic) bond motifs is 1. The van der Waals surface area contributed by atoms with Gasteiger partial charge in [0.15, 0.2) is 5.82 Å². The molecule has 2 fully saturated rings. The first-order valence-electron chi connectivity index (χ1n) is 10.5. The molecule has 1 N–H and O–H groups in total. The standard InChI is InChI=1S/C20H27N7O/c1-2-16-18(28)23-15-13-22-19(24-17(15)27(16)14-7-3-4-8-14)26-12-9-21-20(26)25-10-5-6-11-25/h9,12-14,16H,2-8,10-11H2,1H3,(H,23,28). The summed E-state index contributed by atoms with van der Waals surface area (Å²) in [5.74, 6) is 2.42. The quantitative estimate of drug-likeness (QED) is 0.877. The average Bonchev–Trinajstić information content (AvgIpc) is 3.48. The molecule has 2 aromatic heterocycles. The number of hydrogen-bond acceptors (Lipinski definition) is 6. The van der Waals surface area contributed by atoms with Crippen LogP contribution in [0.5, 0.6) is 0 Å². The molecule has 4 heterocycles. The fourth-order valence-electron chi connectivity index (χ4n) is 4.85. The van der Waals surface area contributed by atoms with Gasteiger partial charge < -0.3 is 15.1 Å². The summed E-state index contributed by atoms with van der Waals surface area (Å²) in [5.41, 5.74) is 0.716. The minimum atomic E-state index is -0.167. The number of carbonyl (C=O) groups is 1. The van der Waals surface area contributed by atoms with Gasteiger partial charge in [-0.15, -0.1) is 0 Å². The van der Waals surface area contributed by atoms with E-state index in [-0.39, 0.29) is 11.9 Å². The second kappa shape index (κ2) is 7.07. The van der Waals surface area contributed by atoms with Gasteiger partial charge in [0.05, 0.1) is 6.20 Å². The predicted octanol–water partition coefficient (Wildman–Crippen LogP) is 2.74. The van der Waals surface area contributed by atoms with Gasteiger partial charge in [0.25, 0.3) is 0 Å². The van der Waals surface area contributed by atoms with Gasteiger partial charge in [0.2, 0.25) is 17.8 Å². The van der Waals surface area contributed by atoms with E-state index in [1.165, 1.54) is 25.7 Å². The molecule has 1 amide bonds. The summed E-state index contributed by atoms with van der Waals surface area (Å²) in [5, 5.41) is 3.02. The second-order valence-electron chi connectivity index (χ2n) is 7.96. The number of anilines is 3. The molecule has 1 saturated carbocycles. The summed E-state index contributed by atoms with van der Waals surface area (Å²) in [6, 6.07) is 0.206. The van der Waals surface area contributed by atoms with Crippen LogP contribution in [0.3, 0.4) is 0 Å². The lowest BCUT2D eigenvalue weighted by Crippen LogP contribution is -2.52. The second-order valence-corrected chi connectivity index (χ2v) is 7.96. The molecule has 0 spiro atoms. The van der Waals surface area contributed by atoms with E-state index < -0.39 is 0 Å². The highest BCUT2D eigenvalue weighted by atomic mass is 16.2. The molecule has 2 aromatic rings. The zero-order valence-electron chi connectivity index (χ0n) is 16.3. The van der Waals surface area contributed by atoms with Gasteiger partial charge in [-0.05, 0) is 32.1 Å². The monoisotopic (exact) mass is 381 g/mol. The molecular formula is C20H27N7O. The van der Waals surface area contributed by atoms with Crippen molar-refractivity contribution in [1.82, 2.24) is 19.5 Å². The Morgan fingerprint density at radius 3 is 2.68 bits per heavy atom. The van der Waals surface area contributed by atoms with Crippen LogP contribution >= 0.6 is 0 Å². The van der Waals surface area contributed by atoms with Crippen LogP contribution in [0, 0.1) is 0 Å². The first-order chi connectivity index (χ1) is 13.8. The maximum absolute atomic E-state index is 12.7. The third-order valence-electron chi connectivity index (χ3n) is 6.23. The zero-order chi connectivity index (χ0) is 19.1. The Labute approximate surface area is 165 Å². The van der Waals surface area contributed by atoms with Crippen LogP contribution in [0.4, 0.5) is 17.5 Å². The molecule has 0 aromatic carbocycles. The molecule has 1 atom stereocenters. The third-order valence-corrected chi connectivity index (χ3v) is 6.23. The topological polar surface area (TPSA) is 79.2 Å². The highest BCUT2D eigenvalue weighted by Gasteiger charge is 2.38. The van der Waals surface area contributed by atoms with E-state index in [1.54, 1.807) is 6.20 Å². The van der Waals surface area contributed by atoms with E-state index >= 15 is 0 Å². The van der Waals surface area contributed by atoms with Crippen LogP contribution in [0.15, 0.2) is 18.6 Å². The van der Waals surface area contributed by atoms with Gasteiger partial charge in [0, 0.05) is 31.5 Å². The highest BCUT2D eigenvalue weighted by Crippen LogP contribution is 2.37. The van der Waals surface area contributed by atoms with Crippen molar-refractivity contribution in [2.45, 2.75) is 64.0 Å². The van der Waals surface area contributed by atoms with Gasteiger partial charge in [0.1, 0.15) is 11.7 Å². The van der Waals surface area contributed by atoms with Crippen molar-refractivity contribution in [3.05, 3.63) is 18.6 Å². The number of rotatable bonds is 4. The summed E-state index contributed by atoms with van der Waals surface area (Å²) in [6.07, 6.45) is 13.3. The number of amides is 1. The number of carbonyl (C=O) groups excluding carboxylic acids is 1. The molecule has 2 aliphatic heterocycles. The first kappa shape index (κ1) is 17.5. The summed E-state index contributed by atoms with van der Waals surface area (Å²) in [6.45, 7) is 4.11. The molecule has 1 aliphatic carbocycles. The third kappa shape index (κ3) is 2.82. The van der Waals surface area contributed by atoms with Crippen LogP contribution in [0.1, 0.15) is 51.9 Å². The minimum Gasteiger partial charge on any atom is -0.342 e. The normalized spacial score (nSPS) is 22.6. The lowest BCUT2D eigenvalue weighted by atomic mass is 10.0. The molecule has 3 aliphatic rings. The smallest absolute Gasteiger partial charge is 0.247 e. The lowest BCUT2D eigenvalue weighted by molar-refractivity contribution is -0.117. The Balaban J connectivity index is 1.56. The Hall–Kier alpha value is -2.64. The van der Waals surface area contributed by atoms with Gasteiger partial charge in [-0.3, -0.25) is 9.36 Å². The fourth-order valence-corrected chi connectivity index (χ4v) is 4.85. The Morgan fingerprint density at radius 1 is 1.14 bits per heavy atom. The molecule has 0 bridgehead atoms. The Kier molecular flexibility index (Phi) is 4.41. The van der Waals surface area contributed by atoms with Crippen LogP contribution in [-0.2, 0) is 4.79 Å². The molecule has 0 radical (unpaired) electrons. The van der Waals surface area contributed by atoms with Gasteiger partial charge in [-0.1, -0.05) is 19.8 Å². The fraction of sp³-hybridized carbons (Fsp3) is 0.600. The molecule has 1 saturated heterocycles. The SMILES string of the molecule is CCC1C(=O)Nc2cnc(-n3ccnc3N3CCCC3)nc2N1C1CCCC1. The molecular weight excluding hydrogens is 354 g/mol. The minimum absolute atomic E-state index is 0.0543. The van der Waals surface area contributed by atoms with Crippen molar-refractivity contribution in [3.63, 3.8) is 0 Å². The summed E-state index contributed by atoms with van der Waals surface area (Å²) >= 11 is 0. The van der Waals surface area contributed by atoms with E-state index in [9.17, 15) is 4.79 Å².